The van der Waals surface area contributed by atoms with Gasteiger partial charge in [-0.1, -0.05) is 0 Å². The maximum absolute atomic E-state index is 12.2. The van der Waals surface area contributed by atoms with Crippen LogP contribution >= 0.6 is 11.3 Å². The molecule has 1 aliphatic heterocycles. The average Bonchev–Trinajstić information content (AvgIpc) is 3.54. The monoisotopic (exact) mass is 552 g/mol. The van der Waals surface area contributed by atoms with Gasteiger partial charge in [-0.25, -0.2) is 9.78 Å². The summed E-state index contributed by atoms with van der Waals surface area (Å²) in [5, 5.41) is 21.8. The summed E-state index contributed by atoms with van der Waals surface area (Å²) >= 11 is 1.60. The number of pyridine rings is 1. The summed E-state index contributed by atoms with van der Waals surface area (Å²) in [6.45, 7) is 7.32. The average molecular weight is 553 g/mol. The Labute approximate surface area is 232 Å². The zero-order chi connectivity index (χ0) is 27.5. The van der Waals surface area contributed by atoms with Crippen molar-refractivity contribution in [3.8, 4) is 5.75 Å². The molecule has 0 bridgehead atoms. The highest BCUT2D eigenvalue weighted by molar-refractivity contribution is 7.12. The summed E-state index contributed by atoms with van der Waals surface area (Å²) in [4.78, 5) is 21.0. The number of aliphatic hydroxyl groups excluding tert-OH is 1. The summed E-state index contributed by atoms with van der Waals surface area (Å²) in [7, 11) is 3.21. The van der Waals surface area contributed by atoms with Gasteiger partial charge < -0.3 is 30.5 Å². The van der Waals surface area contributed by atoms with Crippen LogP contribution in [0.5, 0.6) is 5.75 Å². The van der Waals surface area contributed by atoms with Crippen LogP contribution in [0.15, 0.2) is 42.7 Å². The molecule has 4 N–H and O–H groups in total. The van der Waals surface area contributed by atoms with E-state index in [1.165, 1.54) is 4.88 Å². The maximum atomic E-state index is 12.2. The molecule has 1 amide bonds. The maximum Gasteiger partial charge on any atom is 0.325 e. The number of thiophene rings is 1. The van der Waals surface area contributed by atoms with Gasteiger partial charge in [0.2, 0.25) is 0 Å². The summed E-state index contributed by atoms with van der Waals surface area (Å²) in [6, 6.07) is 10.2. The van der Waals surface area contributed by atoms with Gasteiger partial charge in [-0.3, -0.25) is 9.47 Å². The number of piperazine rings is 1. The van der Waals surface area contributed by atoms with Crippen molar-refractivity contribution in [2.75, 3.05) is 32.6 Å². The number of nitrogens with zero attached hydrogens (tertiary/aromatic N) is 3. The number of anilines is 1. The minimum absolute atomic E-state index is 0.218. The van der Waals surface area contributed by atoms with Crippen LogP contribution in [0.3, 0.4) is 0 Å². The van der Waals surface area contributed by atoms with Crippen LogP contribution in [0.1, 0.15) is 29.8 Å². The van der Waals surface area contributed by atoms with Crippen LogP contribution in [0, 0.1) is 0 Å². The second-order valence-corrected chi connectivity index (χ2v) is 11.3. The third-order valence-electron chi connectivity index (χ3n) is 6.91. The highest BCUT2D eigenvalue weighted by Crippen LogP contribution is 2.27. The van der Waals surface area contributed by atoms with Crippen molar-refractivity contribution < 1.29 is 19.4 Å². The van der Waals surface area contributed by atoms with Crippen LogP contribution in [-0.2, 0) is 11.3 Å². The van der Waals surface area contributed by atoms with Crippen molar-refractivity contribution in [1.82, 2.24) is 25.1 Å². The largest absolute Gasteiger partial charge is 0.483 e. The van der Waals surface area contributed by atoms with Crippen molar-refractivity contribution in [2.24, 2.45) is 0 Å². The normalized spacial score (nSPS) is 23.7. The molecule has 0 saturated carbocycles. The quantitative estimate of drug-likeness (QED) is 0.311. The minimum atomic E-state index is -0.888. The molecule has 0 radical (unpaired) electrons. The van der Waals surface area contributed by atoms with Crippen LogP contribution < -0.4 is 31.3 Å². The number of aromatic nitrogens is 2. The van der Waals surface area contributed by atoms with Gasteiger partial charge in [-0.15, -0.1) is 11.3 Å². The van der Waals surface area contributed by atoms with Gasteiger partial charge in [-0.2, -0.15) is 0 Å². The van der Waals surface area contributed by atoms with Gasteiger partial charge in [0.25, 0.3) is 0 Å². The molecule has 1 aliphatic carbocycles. The number of methoxy groups -OCH3 is 1. The molecule has 1 saturated heterocycles. The molecule has 0 spiro atoms. The van der Waals surface area contributed by atoms with Gasteiger partial charge in [0, 0.05) is 69.2 Å². The molecule has 1 fully saturated rings. The Morgan fingerprint density at radius 1 is 1.21 bits per heavy atom. The van der Waals surface area contributed by atoms with E-state index in [-0.39, 0.29) is 6.03 Å². The van der Waals surface area contributed by atoms with Crippen LogP contribution in [0.2, 0.25) is 0 Å². The number of rotatable bonds is 8. The number of fused-ring (bicyclic) bond motifs is 1. The first kappa shape index (κ1) is 27.4. The van der Waals surface area contributed by atoms with Crippen LogP contribution in [0.4, 0.5) is 10.6 Å². The molecule has 4 heterocycles. The highest BCUT2D eigenvalue weighted by atomic mass is 32.1. The lowest BCUT2D eigenvalue weighted by Crippen LogP contribution is -2.53. The van der Waals surface area contributed by atoms with Gasteiger partial charge in [0.05, 0.1) is 10.2 Å². The van der Waals surface area contributed by atoms with E-state index in [2.05, 4.69) is 45.7 Å². The second kappa shape index (κ2) is 11.9. The SMILES string of the molecule is CNC(=O)n1ccc2c1=CC(OC)C(Oc1ccnc(NC(O)c3ccc(CN4CC(C)N[C@H](C)C4)s3)c1)C=2. The van der Waals surface area contributed by atoms with E-state index in [0.29, 0.717) is 23.7 Å². The van der Waals surface area contributed by atoms with Crippen molar-refractivity contribution in [2.45, 2.75) is 50.9 Å². The van der Waals surface area contributed by atoms with E-state index in [1.807, 2.05) is 24.3 Å². The minimum Gasteiger partial charge on any atom is -0.483 e. The molecule has 10 nitrogen and oxygen atoms in total. The fourth-order valence-electron chi connectivity index (χ4n) is 5.25. The third-order valence-corrected chi connectivity index (χ3v) is 8.03. The van der Waals surface area contributed by atoms with E-state index in [9.17, 15) is 9.90 Å². The Hall–Kier alpha value is -3.22. The smallest absolute Gasteiger partial charge is 0.325 e. The lowest BCUT2D eigenvalue weighted by molar-refractivity contribution is 0.0716. The Kier molecular flexibility index (Phi) is 8.34. The zero-order valence-corrected chi connectivity index (χ0v) is 23.4. The van der Waals surface area contributed by atoms with Crippen molar-refractivity contribution in [3.05, 3.63) is 63.0 Å². The number of carbonyl (C=O) groups excluding carboxylic acids is 1. The number of amides is 1. The second-order valence-electron chi connectivity index (χ2n) is 10.1. The van der Waals surface area contributed by atoms with E-state index in [0.717, 1.165) is 35.1 Å². The molecule has 39 heavy (non-hydrogen) atoms. The van der Waals surface area contributed by atoms with E-state index in [4.69, 9.17) is 9.47 Å². The number of hydrogen-bond donors (Lipinski definition) is 4. The first-order valence-electron chi connectivity index (χ1n) is 13.1. The Bertz CT molecular complexity index is 1410. The first-order chi connectivity index (χ1) is 18.8. The fraction of sp³-hybridized carbons (Fsp3) is 0.429. The summed E-state index contributed by atoms with van der Waals surface area (Å²) in [5.41, 5.74) is 0. The molecule has 11 heteroatoms. The number of carbonyl (C=O) groups is 1. The van der Waals surface area contributed by atoms with Crippen LogP contribution in [0.25, 0.3) is 12.2 Å². The molecule has 0 aromatic carbocycles. The van der Waals surface area contributed by atoms with Gasteiger partial charge in [0.1, 0.15) is 23.8 Å². The first-order valence-corrected chi connectivity index (χ1v) is 13.9. The molecule has 3 aromatic rings. The van der Waals surface area contributed by atoms with Crippen LogP contribution in [-0.4, -0.2) is 77.1 Å². The Morgan fingerprint density at radius 3 is 2.74 bits per heavy atom. The summed E-state index contributed by atoms with van der Waals surface area (Å²) < 4.78 is 13.5. The fourth-order valence-corrected chi connectivity index (χ4v) is 6.24. The summed E-state index contributed by atoms with van der Waals surface area (Å²) in [5.74, 6) is 1.08. The Balaban J connectivity index is 1.24. The number of aliphatic hydroxyl groups is 1. The molecule has 5 rings (SSSR count). The third kappa shape index (κ3) is 6.34. The highest BCUT2D eigenvalue weighted by Gasteiger charge is 2.25. The lowest BCUT2D eigenvalue weighted by Gasteiger charge is -2.35. The number of hydrogen-bond acceptors (Lipinski definition) is 9. The molecular formula is C28H36N6O4S. The topological polar surface area (TPSA) is 113 Å². The lowest BCUT2D eigenvalue weighted by atomic mass is 10.1. The van der Waals surface area contributed by atoms with Gasteiger partial charge >= 0.3 is 6.03 Å². The van der Waals surface area contributed by atoms with Gasteiger partial charge in [0.15, 0.2) is 6.23 Å². The van der Waals surface area contributed by atoms with E-state index in [1.54, 1.807) is 54.6 Å². The summed E-state index contributed by atoms with van der Waals surface area (Å²) in [6.07, 6.45) is 5.51. The molecule has 2 aliphatic rings. The molecule has 4 unspecified atom stereocenters. The molecule has 5 atom stereocenters. The van der Waals surface area contributed by atoms with E-state index < -0.39 is 18.4 Å². The molecule has 3 aromatic heterocycles. The molecular weight excluding hydrogens is 516 g/mol. The van der Waals surface area contributed by atoms with Crippen molar-refractivity contribution in [3.63, 3.8) is 0 Å². The van der Waals surface area contributed by atoms with Crippen molar-refractivity contribution in [1.29, 1.82) is 0 Å². The number of ether oxygens (including phenoxy) is 2. The Morgan fingerprint density at radius 2 is 2.00 bits per heavy atom. The number of nitrogens with one attached hydrogen (secondary N) is 3. The molecule has 208 valence electrons. The predicted octanol–water partition coefficient (Wildman–Crippen LogP) is 1.45. The van der Waals surface area contributed by atoms with Gasteiger partial charge in [-0.05, 0) is 55.5 Å². The van der Waals surface area contributed by atoms with E-state index >= 15 is 0 Å². The van der Waals surface area contributed by atoms with Crippen molar-refractivity contribution >= 4 is 35.3 Å². The predicted molar refractivity (Wildman–Crippen MR) is 152 cm³/mol. The standard InChI is InChI=1S/C28H36N6O4S/c1-17-14-33(15-18(2)31-17)16-21-5-6-25(39-21)27(35)32-26-12-20(7-9-30-26)38-24-11-19-8-10-34(28(36)29-3)22(19)13-23(24)37-4/h5-13,17-18,23-24,27,31,35H,14-16H2,1-4H3,(H,29,36)(H,30,32)/t17-,18?,23?,24?,27?/m1/s1. The zero-order valence-electron chi connectivity index (χ0n) is 22.6.